The molecule has 4 rings (SSSR count). The van der Waals surface area contributed by atoms with Gasteiger partial charge >= 0.3 is 6.36 Å². The highest BCUT2D eigenvalue weighted by atomic mass is 32.1. The number of rotatable bonds is 5. The third-order valence-electron chi connectivity index (χ3n) is 4.63. The van der Waals surface area contributed by atoms with Crippen LogP contribution in [0.25, 0.3) is 0 Å². The van der Waals surface area contributed by atoms with Crippen molar-refractivity contribution in [3.8, 4) is 17.2 Å². The second kappa shape index (κ2) is 10.6. The van der Waals surface area contributed by atoms with Crippen LogP contribution in [0.5, 0.6) is 17.2 Å². The summed E-state index contributed by atoms with van der Waals surface area (Å²) < 4.78 is 52.3. The number of alkyl halides is 3. The van der Waals surface area contributed by atoms with Crippen molar-refractivity contribution in [1.29, 1.82) is 0 Å². The van der Waals surface area contributed by atoms with Gasteiger partial charge in [0.15, 0.2) is 16.6 Å². The predicted octanol–water partition coefficient (Wildman–Crippen LogP) is 4.68. The largest absolute Gasteiger partial charge is 0.573 e. The monoisotopic (exact) mass is 518 g/mol. The van der Waals surface area contributed by atoms with Gasteiger partial charge in [-0.1, -0.05) is 12.1 Å². The molecule has 2 aromatic carbocycles. The van der Waals surface area contributed by atoms with Gasteiger partial charge in [-0.05, 0) is 62.0 Å². The molecule has 13 heteroatoms. The Labute approximate surface area is 209 Å². The summed E-state index contributed by atoms with van der Waals surface area (Å²) in [5.41, 5.74) is 2.63. The van der Waals surface area contributed by atoms with E-state index >= 15 is 0 Å². The number of nitrogens with zero attached hydrogens (tertiary/aromatic N) is 3. The van der Waals surface area contributed by atoms with Crippen molar-refractivity contribution in [2.24, 2.45) is 4.99 Å². The van der Waals surface area contributed by atoms with Crippen LogP contribution in [-0.4, -0.2) is 34.2 Å². The van der Waals surface area contributed by atoms with Gasteiger partial charge in [0, 0.05) is 23.1 Å². The van der Waals surface area contributed by atoms with Crippen molar-refractivity contribution in [3.63, 3.8) is 0 Å². The molecule has 3 aromatic rings. The topological polar surface area (TPSA) is 102 Å². The lowest BCUT2D eigenvalue weighted by atomic mass is 10.2. The highest BCUT2D eigenvalue weighted by Crippen LogP contribution is 2.32. The molecule has 0 aliphatic carbocycles. The van der Waals surface area contributed by atoms with Crippen LogP contribution in [0.1, 0.15) is 17.0 Å². The van der Waals surface area contributed by atoms with Crippen molar-refractivity contribution < 1.29 is 27.4 Å². The number of aromatic nitrogens is 2. The number of benzene rings is 2. The van der Waals surface area contributed by atoms with E-state index in [9.17, 15) is 13.2 Å². The van der Waals surface area contributed by atoms with Gasteiger partial charge in [-0.25, -0.2) is 15.0 Å². The molecule has 0 unspecified atom stereocenters. The molecule has 0 saturated heterocycles. The van der Waals surface area contributed by atoms with Crippen LogP contribution in [0.15, 0.2) is 53.5 Å². The molecule has 0 radical (unpaired) electrons. The highest BCUT2D eigenvalue weighted by molar-refractivity contribution is 7.80. The zero-order chi connectivity index (χ0) is 25.7. The molecule has 1 aliphatic heterocycles. The number of aryl methyl sites for hydroxylation is 2. The Bertz CT molecular complexity index is 1280. The molecule has 0 spiro atoms. The second-order valence-corrected chi connectivity index (χ2v) is 8.01. The number of halogens is 3. The van der Waals surface area contributed by atoms with E-state index in [1.54, 1.807) is 12.1 Å². The van der Waals surface area contributed by atoms with Crippen molar-refractivity contribution >= 4 is 34.9 Å². The molecule has 3 N–H and O–H groups in total. The standard InChI is InChI=1S/C23H21F3N6O3S/c1-13-8-14(2)29-21(28-13)31-20(27-11-15-6-7-18-19(9-15)34-12-33-18)32-22(36)30-16-4-3-5-17(10-16)35-23(24,25)26/h3-10H,11-12H2,1-2H3,(H3,27,28,29,30,31,32,36). The first-order valence-electron chi connectivity index (χ1n) is 10.6. The van der Waals surface area contributed by atoms with E-state index in [1.165, 1.54) is 18.2 Å². The molecule has 1 aliphatic rings. The Morgan fingerprint density at radius 2 is 1.78 bits per heavy atom. The van der Waals surface area contributed by atoms with Gasteiger partial charge in [0.1, 0.15) is 5.75 Å². The minimum atomic E-state index is -4.80. The van der Waals surface area contributed by atoms with E-state index in [1.807, 2.05) is 32.0 Å². The fourth-order valence-electron chi connectivity index (χ4n) is 3.25. The lowest BCUT2D eigenvalue weighted by Crippen LogP contribution is -2.39. The zero-order valence-corrected chi connectivity index (χ0v) is 20.0. The molecule has 9 nitrogen and oxygen atoms in total. The maximum Gasteiger partial charge on any atom is 0.573 e. The van der Waals surface area contributed by atoms with Gasteiger partial charge in [-0.3, -0.25) is 5.32 Å². The van der Waals surface area contributed by atoms with E-state index in [0.717, 1.165) is 17.0 Å². The van der Waals surface area contributed by atoms with Gasteiger partial charge in [0.2, 0.25) is 18.7 Å². The number of guanidine groups is 1. The number of thiocarbonyl (C=S) groups is 1. The first-order chi connectivity index (χ1) is 17.1. The number of aliphatic imine (C=N–C) groups is 1. The molecule has 36 heavy (non-hydrogen) atoms. The van der Waals surface area contributed by atoms with Crippen molar-refractivity contribution in [2.45, 2.75) is 26.8 Å². The minimum absolute atomic E-state index is 0.0699. The number of ether oxygens (including phenoxy) is 3. The Morgan fingerprint density at radius 1 is 1.03 bits per heavy atom. The van der Waals surface area contributed by atoms with Crippen LogP contribution < -0.4 is 30.2 Å². The molecule has 0 atom stereocenters. The van der Waals surface area contributed by atoms with Crippen LogP contribution >= 0.6 is 12.2 Å². The van der Waals surface area contributed by atoms with Crippen molar-refractivity contribution in [1.82, 2.24) is 15.3 Å². The van der Waals surface area contributed by atoms with E-state index in [0.29, 0.717) is 17.4 Å². The summed E-state index contributed by atoms with van der Waals surface area (Å²) in [6, 6.07) is 12.6. The Morgan fingerprint density at radius 3 is 2.53 bits per heavy atom. The van der Waals surface area contributed by atoms with Crippen LogP contribution in [0, 0.1) is 13.8 Å². The third-order valence-corrected chi connectivity index (χ3v) is 4.83. The molecule has 0 saturated carbocycles. The SMILES string of the molecule is Cc1cc(C)nc(NC(=NCc2ccc3c(c2)OCO3)NC(=S)Nc2cccc(OC(F)(F)F)c2)n1. The maximum atomic E-state index is 12.5. The van der Waals surface area contributed by atoms with Crippen LogP contribution in [0.4, 0.5) is 24.8 Å². The fraction of sp³-hybridized carbons (Fsp3) is 0.217. The average Bonchev–Trinajstić information content (AvgIpc) is 3.24. The second-order valence-electron chi connectivity index (χ2n) is 7.61. The van der Waals surface area contributed by atoms with Gasteiger partial charge in [0.25, 0.3) is 0 Å². The summed E-state index contributed by atoms with van der Waals surface area (Å²) in [6.45, 7) is 4.07. The molecule has 0 amide bonds. The van der Waals surface area contributed by atoms with Gasteiger partial charge in [0.05, 0.1) is 6.54 Å². The van der Waals surface area contributed by atoms with E-state index in [-0.39, 0.29) is 35.8 Å². The number of hydrogen-bond donors (Lipinski definition) is 3. The number of hydrogen-bond acceptors (Lipinski definition) is 7. The minimum Gasteiger partial charge on any atom is -0.454 e. The Kier molecular flexibility index (Phi) is 7.38. The highest BCUT2D eigenvalue weighted by Gasteiger charge is 2.31. The summed E-state index contributed by atoms with van der Waals surface area (Å²) in [4.78, 5) is 13.2. The fourth-order valence-corrected chi connectivity index (χ4v) is 3.46. The van der Waals surface area contributed by atoms with Gasteiger partial charge in [-0.15, -0.1) is 13.2 Å². The van der Waals surface area contributed by atoms with E-state index < -0.39 is 6.36 Å². The molecule has 1 aromatic heterocycles. The molecular formula is C23H21F3N6O3S. The van der Waals surface area contributed by atoms with E-state index in [4.69, 9.17) is 21.7 Å². The molecule has 0 fully saturated rings. The summed E-state index contributed by atoms with van der Waals surface area (Å²) in [6.07, 6.45) is -4.80. The number of nitrogens with one attached hydrogen (secondary N) is 3. The summed E-state index contributed by atoms with van der Waals surface area (Å²) >= 11 is 5.35. The molecular weight excluding hydrogens is 497 g/mol. The van der Waals surface area contributed by atoms with E-state index in [2.05, 4.69) is 35.6 Å². The number of anilines is 2. The summed E-state index contributed by atoms with van der Waals surface area (Å²) in [5, 5.41) is 8.79. The normalized spacial score (nSPS) is 12.8. The summed E-state index contributed by atoms with van der Waals surface area (Å²) in [7, 11) is 0. The summed E-state index contributed by atoms with van der Waals surface area (Å²) in [5.74, 6) is 1.42. The van der Waals surface area contributed by atoms with Crippen LogP contribution in [0.2, 0.25) is 0 Å². The average molecular weight is 519 g/mol. The third kappa shape index (κ3) is 7.18. The van der Waals surface area contributed by atoms with Gasteiger partial charge < -0.3 is 24.8 Å². The zero-order valence-electron chi connectivity index (χ0n) is 19.1. The van der Waals surface area contributed by atoms with Crippen LogP contribution in [-0.2, 0) is 6.54 Å². The predicted molar refractivity (Wildman–Crippen MR) is 131 cm³/mol. The van der Waals surface area contributed by atoms with Crippen molar-refractivity contribution in [3.05, 3.63) is 65.5 Å². The first-order valence-corrected chi connectivity index (χ1v) is 11.0. The van der Waals surface area contributed by atoms with Crippen LogP contribution in [0.3, 0.4) is 0 Å². The quantitative estimate of drug-likeness (QED) is 0.253. The number of fused-ring (bicyclic) bond motifs is 1. The smallest absolute Gasteiger partial charge is 0.454 e. The molecule has 2 heterocycles. The Balaban J connectivity index is 1.50. The van der Waals surface area contributed by atoms with Crippen molar-refractivity contribution in [2.75, 3.05) is 17.4 Å². The maximum absolute atomic E-state index is 12.5. The lowest BCUT2D eigenvalue weighted by molar-refractivity contribution is -0.274. The lowest BCUT2D eigenvalue weighted by Gasteiger charge is -2.15. The Hall–Kier alpha value is -4.13. The molecule has 188 valence electrons. The van der Waals surface area contributed by atoms with Gasteiger partial charge in [-0.2, -0.15) is 0 Å². The molecule has 0 bridgehead atoms. The first kappa shape index (κ1) is 25.0.